The minimum Gasteiger partial charge on any atom is -0.497 e. The van der Waals surface area contributed by atoms with Gasteiger partial charge in [-0.3, -0.25) is 10.4 Å². The molecule has 1 aromatic rings. The largest absolute Gasteiger partial charge is 0.497 e. The number of benzene rings is 1. The van der Waals surface area contributed by atoms with Crippen LogP contribution in [0.5, 0.6) is 5.75 Å². The Morgan fingerprint density at radius 1 is 1.36 bits per heavy atom. The third-order valence-corrected chi connectivity index (χ3v) is 6.52. The summed E-state index contributed by atoms with van der Waals surface area (Å²) in [5.74, 6) is 1.79. The number of nitrogens with one attached hydrogen (secondary N) is 2. The quantitative estimate of drug-likeness (QED) is 0.414. The zero-order valence-electron chi connectivity index (χ0n) is 20.6. The van der Waals surface area contributed by atoms with Gasteiger partial charge in [0, 0.05) is 41.9 Å². The summed E-state index contributed by atoms with van der Waals surface area (Å²) in [6, 6.07) is 6.17. The van der Waals surface area contributed by atoms with Crippen LogP contribution in [0.15, 0.2) is 70.7 Å². The lowest BCUT2D eigenvalue weighted by atomic mass is 9.97. The van der Waals surface area contributed by atoms with Gasteiger partial charge in [-0.2, -0.15) is 0 Å². The van der Waals surface area contributed by atoms with E-state index in [4.69, 9.17) is 10.1 Å². The molecule has 176 valence electrons. The van der Waals surface area contributed by atoms with Crippen molar-refractivity contribution < 1.29 is 4.74 Å². The Hall–Kier alpha value is -3.28. The molecule has 0 spiro atoms. The fourth-order valence-electron chi connectivity index (χ4n) is 4.06. The molecule has 2 N–H and O–H groups in total. The second-order valence-electron chi connectivity index (χ2n) is 8.67. The third-order valence-electron chi connectivity index (χ3n) is 6.52. The van der Waals surface area contributed by atoms with Gasteiger partial charge in [0.05, 0.1) is 20.0 Å². The van der Waals surface area contributed by atoms with Crippen LogP contribution in [-0.4, -0.2) is 43.8 Å². The molecule has 0 amide bonds. The molecule has 0 saturated carbocycles. The smallest absolute Gasteiger partial charge is 0.127 e. The molecule has 0 radical (unpaired) electrons. The minimum atomic E-state index is 0.427. The van der Waals surface area contributed by atoms with Gasteiger partial charge < -0.3 is 19.9 Å². The highest BCUT2D eigenvalue weighted by Crippen LogP contribution is 2.36. The molecule has 1 unspecified atom stereocenters. The molecule has 6 heteroatoms. The van der Waals surface area contributed by atoms with E-state index in [1.807, 2.05) is 17.2 Å². The zero-order valence-corrected chi connectivity index (χ0v) is 20.6. The van der Waals surface area contributed by atoms with Crippen molar-refractivity contribution >= 4 is 17.9 Å². The second kappa shape index (κ2) is 11.0. The van der Waals surface area contributed by atoms with Crippen LogP contribution in [0.3, 0.4) is 0 Å². The summed E-state index contributed by atoms with van der Waals surface area (Å²) in [7, 11) is 1.69. The average molecular weight is 448 g/mol. The molecule has 0 aromatic heterocycles. The summed E-state index contributed by atoms with van der Waals surface area (Å²) < 4.78 is 5.37. The highest BCUT2D eigenvalue weighted by atomic mass is 16.5. The third kappa shape index (κ3) is 5.75. The maximum Gasteiger partial charge on any atom is 0.127 e. The summed E-state index contributed by atoms with van der Waals surface area (Å²) in [4.78, 5) is 8.31. The van der Waals surface area contributed by atoms with E-state index in [0.29, 0.717) is 11.8 Å². The highest BCUT2D eigenvalue weighted by Gasteiger charge is 2.25. The van der Waals surface area contributed by atoms with Gasteiger partial charge in [-0.05, 0) is 68.5 Å². The first-order valence-electron chi connectivity index (χ1n) is 11.7. The summed E-state index contributed by atoms with van der Waals surface area (Å²) in [5, 5.41) is 11.7. The molecule has 2 heterocycles. The Morgan fingerprint density at radius 2 is 2.15 bits per heavy atom. The number of allylic oxidation sites excluding steroid dienone is 3. The SMILES string of the molecule is C=C1/C(=C(\C=C(\C)C(C)CC)N/C=C\C(=N)N2C=NCC2)CCN1c1ccc(OC)cc1C. The van der Waals surface area contributed by atoms with E-state index in [1.54, 1.807) is 19.5 Å². The number of methoxy groups -OCH3 is 1. The summed E-state index contributed by atoms with van der Waals surface area (Å²) in [6.07, 6.45) is 9.61. The number of rotatable bonds is 8. The van der Waals surface area contributed by atoms with E-state index in [2.05, 4.69) is 67.7 Å². The highest BCUT2D eigenvalue weighted by molar-refractivity contribution is 5.98. The van der Waals surface area contributed by atoms with Crippen molar-refractivity contribution in [1.82, 2.24) is 10.2 Å². The van der Waals surface area contributed by atoms with Crippen LogP contribution >= 0.6 is 0 Å². The van der Waals surface area contributed by atoms with Crippen molar-refractivity contribution in [2.24, 2.45) is 10.9 Å². The number of amidine groups is 1. The molecule has 1 fully saturated rings. The van der Waals surface area contributed by atoms with Crippen LogP contribution < -0.4 is 15.0 Å². The number of hydrogen-bond acceptors (Lipinski definition) is 5. The normalized spacial score (nSPS) is 18.9. The topological polar surface area (TPSA) is 64.0 Å². The van der Waals surface area contributed by atoms with Gasteiger partial charge >= 0.3 is 0 Å². The molecule has 1 aromatic carbocycles. The van der Waals surface area contributed by atoms with E-state index in [1.165, 1.54) is 16.7 Å². The molecule has 0 bridgehead atoms. The van der Waals surface area contributed by atoms with Crippen molar-refractivity contribution in [3.63, 3.8) is 0 Å². The van der Waals surface area contributed by atoms with Gasteiger partial charge in [-0.25, -0.2) is 0 Å². The fraction of sp³-hybridized carbons (Fsp3) is 0.407. The van der Waals surface area contributed by atoms with E-state index >= 15 is 0 Å². The minimum absolute atomic E-state index is 0.427. The summed E-state index contributed by atoms with van der Waals surface area (Å²) in [5.41, 5.74) is 6.91. The lowest BCUT2D eigenvalue weighted by molar-refractivity contribution is 0.414. The van der Waals surface area contributed by atoms with Crippen molar-refractivity contribution in [3.05, 3.63) is 71.2 Å². The average Bonchev–Trinajstić information content (AvgIpc) is 3.48. The number of hydrogen-bond donors (Lipinski definition) is 2. The maximum atomic E-state index is 8.26. The van der Waals surface area contributed by atoms with Gasteiger partial charge in [0.1, 0.15) is 11.6 Å². The number of anilines is 1. The van der Waals surface area contributed by atoms with Crippen molar-refractivity contribution in [1.29, 1.82) is 5.41 Å². The Morgan fingerprint density at radius 3 is 2.79 bits per heavy atom. The van der Waals surface area contributed by atoms with Gasteiger partial charge in [-0.15, -0.1) is 0 Å². The van der Waals surface area contributed by atoms with Gasteiger partial charge in [-0.1, -0.05) is 26.0 Å². The molecule has 33 heavy (non-hydrogen) atoms. The van der Waals surface area contributed by atoms with Crippen molar-refractivity contribution in [3.8, 4) is 5.75 Å². The predicted molar refractivity (Wildman–Crippen MR) is 139 cm³/mol. The molecule has 1 saturated heterocycles. The molecule has 2 aliphatic rings. The molecule has 6 nitrogen and oxygen atoms in total. The summed E-state index contributed by atoms with van der Waals surface area (Å²) >= 11 is 0. The monoisotopic (exact) mass is 447 g/mol. The fourth-order valence-corrected chi connectivity index (χ4v) is 4.06. The van der Waals surface area contributed by atoms with E-state index < -0.39 is 0 Å². The van der Waals surface area contributed by atoms with Gasteiger partial charge in [0.2, 0.25) is 0 Å². The lowest BCUT2D eigenvalue weighted by Gasteiger charge is -2.22. The zero-order chi connectivity index (χ0) is 24.0. The van der Waals surface area contributed by atoms with Crippen LogP contribution in [0, 0.1) is 18.3 Å². The van der Waals surface area contributed by atoms with E-state index in [0.717, 1.165) is 55.3 Å². The van der Waals surface area contributed by atoms with Crippen LogP contribution in [0.4, 0.5) is 5.69 Å². The summed E-state index contributed by atoms with van der Waals surface area (Å²) in [6.45, 7) is 15.6. The molecule has 1 atom stereocenters. The number of aryl methyl sites for hydroxylation is 1. The van der Waals surface area contributed by atoms with Crippen LogP contribution in [-0.2, 0) is 0 Å². The molecule has 0 aliphatic carbocycles. The van der Waals surface area contributed by atoms with E-state index in [9.17, 15) is 0 Å². The number of nitrogens with zero attached hydrogens (tertiary/aromatic N) is 3. The van der Waals surface area contributed by atoms with Crippen LogP contribution in [0.25, 0.3) is 0 Å². The predicted octanol–water partition coefficient (Wildman–Crippen LogP) is 5.40. The van der Waals surface area contributed by atoms with Gasteiger partial charge in [0.25, 0.3) is 0 Å². The molecule has 2 aliphatic heterocycles. The Balaban J connectivity index is 1.88. The molecule has 3 rings (SSSR count). The van der Waals surface area contributed by atoms with Crippen molar-refractivity contribution in [2.75, 3.05) is 31.6 Å². The number of aliphatic imine (C=N–C) groups is 1. The maximum absolute atomic E-state index is 8.26. The van der Waals surface area contributed by atoms with Crippen LogP contribution in [0.1, 0.15) is 39.2 Å². The second-order valence-corrected chi connectivity index (χ2v) is 8.67. The van der Waals surface area contributed by atoms with Crippen molar-refractivity contribution in [2.45, 2.75) is 40.5 Å². The Labute approximate surface area is 198 Å². The van der Waals surface area contributed by atoms with Gasteiger partial charge in [0.15, 0.2) is 0 Å². The van der Waals surface area contributed by atoms with E-state index in [-0.39, 0.29) is 0 Å². The first-order chi connectivity index (χ1) is 15.8. The first-order valence-corrected chi connectivity index (χ1v) is 11.7. The Bertz CT molecular complexity index is 1020. The lowest BCUT2D eigenvalue weighted by Crippen LogP contribution is -2.25. The molecular formula is C27H37N5O. The van der Waals surface area contributed by atoms with Crippen LogP contribution in [0.2, 0.25) is 0 Å². The Kier molecular flexibility index (Phi) is 8.15. The molecular weight excluding hydrogens is 410 g/mol. The first kappa shape index (κ1) is 24.4. The number of ether oxygens (including phenoxy) is 1. The standard InChI is InChI=1S/C27H37N5O/c1-7-19(2)20(3)17-25(30-12-10-27(28)31-15-13-29-18-31)24-11-14-32(22(24)5)26-9-8-23(33-6)16-21(26)4/h8-10,12,16-19,28,30H,5,7,11,13-15H2,1-4,6H3/b12-10-,20-17-,25-24+,28-27?.